The van der Waals surface area contributed by atoms with Gasteiger partial charge in [-0.25, -0.2) is 8.42 Å². The molecule has 1 aromatic rings. The molecule has 0 N–H and O–H groups in total. The quantitative estimate of drug-likeness (QED) is 0.788. The van der Waals surface area contributed by atoms with E-state index in [4.69, 9.17) is 0 Å². The van der Waals surface area contributed by atoms with Crippen molar-refractivity contribution in [2.24, 2.45) is 0 Å². The summed E-state index contributed by atoms with van der Waals surface area (Å²) in [6, 6.07) is 6.60. The van der Waals surface area contributed by atoms with E-state index in [2.05, 4.69) is 11.9 Å². The Kier molecular flexibility index (Phi) is 6.55. The maximum atomic E-state index is 13.1. The Morgan fingerprint density at radius 1 is 1.04 bits per heavy atom. The highest BCUT2D eigenvalue weighted by Crippen LogP contribution is 2.27. The molecule has 150 valence electrons. The van der Waals surface area contributed by atoms with Crippen molar-refractivity contribution in [1.29, 1.82) is 0 Å². The molecule has 1 aliphatic heterocycles. The maximum absolute atomic E-state index is 13.1. The number of amides is 1. The second kappa shape index (κ2) is 8.71. The zero-order valence-electron chi connectivity index (χ0n) is 16.4. The molecule has 3 rings (SSSR count). The number of benzene rings is 1. The minimum absolute atomic E-state index is 0.0595. The largest absolute Gasteiger partial charge is 0.337 e. The molecule has 1 saturated carbocycles. The van der Waals surface area contributed by atoms with Gasteiger partial charge in [0.15, 0.2) is 0 Å². The fourth-order valence-corrected chi connectivity index (χ4v) is 5.49. The van der Waals surface area contributed by atoms with Crippen LogP contribution in [0.3, 0.4) is 0 Å². The van der Waals surface area contributed by atoms with Gasteiger partial charge in [0.25, 0.3) is 5.91 Å². The van der Waals surface area contributed by atoms with Crippen LogP contribution >= 0.6 is 0 Å². The predicted molar refractivity (Wildman–Crippen MR) is 106 cm³/mol. The number of carbonyl (C=O) groups excluding carboxylic acids is 1. The number of sulfonamides is 1. The van der Waals surface area contributed by atoms with Crippen molar-refractivity contribution in [3.8, 4) is 0 Å². The molecule has 0 radical (unpaired) electrons. The highest BCUT2D eigenvalue weighted by Gasteiger charge is 2.30. The smallest absolute Gasteiger partial charge is 0.253 e. The lowest BCUT2D eigenvalue weighted by Crippen LogP contribution is -2.38. The van der Waals surface area contributed by atoms with E-state index in [0.29, 0.717) is 18.7 Å². The zero-order chi connectivity index (χ0) is 19.4. The molecule has 1 aromatic carbocycles. The molecular formula is C20H31N3O3S. The molecule has 0 bridgehead atoms. The molecule has 0 spiro atoms. The molecule has 6 nitrogen and oxygen atoms in total. The van der Waals surface area contributed by atoms with E-state index in [1.807, 2.05) is 4.90 Å². The first-order chi connectivity index (χ1) is 12.9. The van der Waals surface area contributed by atoms with Crippen LogP contribution < -0.4 is 0 Å². The molecule has 1 saturated heterocycles. The molecule has 27 heavy (non-hydrogen) atoms. The summed E-state index contributed by atoms with van der Waals surface area (Å²) in [6.45, 7) is 3.20. The van der Waals surface area contributed by atoms with Gasteiger partial charge in [-0.2, -0.15) is 4.31 Å². The number of rotatable bonds is 4. The third-order valence-corrected chi connectivity index (χ3v) is 7.76. The van der Waals surface area contributed by atoms with Crippen molar-refractivity contribution in [2.75, 3.05) is 40.3 Å². The summed E-state index contributed by atoms with van der Waals surface area (Å²) in [5.41, 5.74) is 0.456. The fourth-order valence-electron chi connectivity index (χ4n) is 4.03. The fraction of sp³-hybridized carbons (Fsp3) is 0.650. The first-order valence-corrected chi connectivity index (χ1v) is 11.4. The molecule has 0 unspecified atom stereocenters. The second-order valence-corrected chi connectivity index (χ2v) is 9.79. The van der Waals surface area contributed by atoms with Crippen LogP contribution in [0.25, 0.3) is 0 Å². The Morgan fingerprint density at radius 3 is 2.52 bits per heavy atom. The Balaban J connectivity index is 1.78. The Hall–Kier alpha value is -1.44. The van der Waals surface area contributed by atoms with Crippen LogP contribution in [0.5, 0.6) is 0 Å². The van der Waals surface area contributed by atoms with Gasteiger partial charge in [0, 0.05) is 38.3 Å². The van der Waals surface area contributed by atoms with Gasteiger partial charge in [0.2, 0.25) is 10.0 Å². The predicted octanol–water partition coefficient (Wildman–Crippen LogP) is 2.42. The first kappa shape index (κ1) is 20.3. The molecule has 7 heteroatoms. The average Bonchev–Trinajstić information content (AvgIpc) is 2.92. The summed E-state index contributed by atoms with van der Waals surface area (Å²) in [5, 5.41) is 0. The van der Waals surface area contributed by atoms with Gasteiger partial charge in [-0.1, -0.05) is 25.3 Å². The third kappa shape index (κ3) is 4.70. The Bertz CT molecular complexity index is 759. The van der Waals surface area contributed by atoms with Crippen LogP contribution in [0.4, 0.5) is 0 Å². The molecule has 2 aliphatic rings. The zero-order valence-corrected chi connectivity index (χ0v) is 17.2. The van der Waals surface area contributed by atoms with Crippen LogP contribution in [0.1, 0.15) is 48.9 Å². The number of carbonyl (C=O) groups is 1. The van der Waals surface area contributed by atoms with E-state index in [1.165, 1.54) is 10.7 Å². The summed E-state index contributed by atoms with van der Waals surface area (Å²) in [6.07, 6.45) is 6.09. The van der Waals surface area contributed by atoms with Crippen molar-refractivity contribution in [2.45, 2.75) is 49.5 Å². The average molecular weight is 394 g/mol. The minimum Gasteiger partial charge on any atom is -0.337 e. The van der Waals surface area contributed by atoms with Gasteiger partial charge in [-0.3, -0.25) is 4.79 Å². The number of nitrogens with zero attached hydrogens (tertiary/aromatic N) is 3. The lowest BCUT2D eigenvalue weighted by atomic mass is 9.96. The van der Waals surface area contributed by atoms with Gasteiger partial charge < -0.3 is 9.80 Å². The lowest BCUT2D eigenvalue weighted by molar-refractivity contribution is 0.0762. The maximum Gasteiger partial charge on any atom is 0.253 e. The van der Waals surface area contributed by atoms with Gasteiger partial charge in [0.05, 0.1) is 4.90 Å². The molecule has 1 aliphatic carbocycles. The molecular weight excluding hydrogens is 362 g/mol. The van der Waals surface area contributed by atoms with E-state index in [-0.39, 0.29) is 16.8 Å². The molecule has 2 fully saturated rings. The van der Waals surface area contributed by atoms with E-state index in [0.717, 1.165) is 45.2 Å². The molecule has 1 heterocycles. The van der Waals surface area contributed by atoms with E-state index in [9.17, 15) is 13.2 Å². The van der Waals surface area contributed by atoms with Crippen molar-refractivity contribution in [1.82, 2.24) is 14.1 Å². The van der Waals surface area contributed by atoms with E-state index < -0.39 is 10.0 Å². The van der Waals surface area contributed by atoms with Crippen LogP contribution in [0, 0.1) is 0 Å². The normalized spacial score (nSPS) is 20.6. The van der Waals surface area contributed by atoms with Crippen molar-refractivity contribution < 1.29 is 13.2 Å². The molecule has 1 amide bonds. The topological polar surface area (TPSA) is 60.9 Å². The SMILES string of the molecule is CN1CCCN(C(=O)c2cccc(S(=O)(=O)N(C)C3CCCCC3)c2)CC1. The number of hydrogen-bond acceptors (Lipinski definition) is 4. The van der Waals surface area contributed by atoms with Crippen LogP contribution in [0.15, 0.2) is 29.2 Å². The van der Waals surface area contributed by atoms with Crippen LogP contribution in [-0.2, 0) is 10.0 Å². The van der Waals surface area contributed by atoms with Crippen molar-refractivity contribution in [3.63, 3.8) is 0 Å². The van der Waals surface area contributed by atoms with Crippen molar-refractivity contribution in [3.05, 3.63) is 29.8 Å². The first-order valence-electron chi connectivity index (χ1n) is 9.95. The van der Waals surface area contributed by atoms with Crippen LogP contribution in [-0.4, -0.2) is 74.7 Å². The van der Waals surface area contributed by atoms with Crippen LogP contribution in [0.2, 0.25) is 0 Å². The highest BCUT2D eigenvalue weighted by atomic mass is 32.2. The van der Waals surface area contributed by atoms with Gasteiger partial charge >= 0.3 is 0 Å². The summed E-state index contributed by atoms with van der Waals surface area (Å²) < 4.78 is 27.7. The Labute approximate surface area is 163 Å². The number of hydrogen-bond donors (Lipinski definition) is 0. The second-order valence-electron chi connectivity index (χ2n) is 7.79. The summed E-state index contributed by atoms with van der Waals surface area (Å²) in [4.78, 5) is 17.2. The molecule has 0 aromatic heterocycles. The third-order valence-electron chi connectivity index (χ3n) is 5.85. The highest BCUT2D eigenvalue weighted by molar-refractivity contribution is 7.89. The standard InChI is InChI=1S/C20H31N3O3S/c1-21-12-7-13-23(15-14-21)20(24)17-8-6-11-19(16-17)27(25,26)22(2)18-9-4-3-5-10-18/h6,8,11,16,18H,3-5,7,9-10,12-15H2,1-2H3. The van der Waals surface area contributed by atoms with E-state index in [1.54, 1.807) is 31.3 Å². The van der Waals surface area contributed by atoms with Crippen molar-refractivity contribution >= 4 is 15.9 Å². The molecule has 0 atom stereocenters. The lowest BCUT2D eigenvalue weighted by Gasteiger charge is -2.30. The Morgan fingerprint density at radius 2 is 1.78 bits per heavy atom. The summed E-state index contributed by atoms with van der Waals surface area (Å²) in [7, 11) is 0.142. The number of likely N-dealkylation sites (N-methyl/N-ethyl adjacent to an activating group) is 1. The minimum atomic E-state index is -3.59. The van der Waals surface area contributed by atoms with Gasteiger partial charge in [-0.05, 0) is 51.1 Å². The summed E-state index contributed by atoms with van der Waals surface area (Å²) in [5.74, 6) is -0.0809. The monoisotopic (exact) mass is 393 g/mol. The van der Waals surface area contributed by atoms with Gasteiger partial charge in [-0.15, -0.1) is 0 Å². The van der Waals surface area contributed by atoms with E-state index >= 15 is 0 Å². The summed E-state index contributed by atoms with van der Waals surface area (Å²) >= 11 is 0. The van der Waals surface area contributed by atoms with Gasteiger partial charge in [0.1, 0.15) is 0 Å².